The average Bonchev–Trinajstić information content (AvgIpc) is 2.87. The summed E-state index contributed by atoms with van der Waals surface area (Å²) in [5, 5.41) is 6.20. The first-order valence-electron chi connectivity index (χ1n) is 7.62. The van der Waals surface area contributed by atoms with E-state index in [0.717, 1.165) is 26.0 Å². The van der Waals surface area contributed by atoms with E-state index in [-0.39, 0.29) is 35.8 Å². The number of ether oxygens (including phenoxy) is 1. The van der Waals surface area contributed by atoms with Gasteiger partial charge in [-0.15, -0.1) is 24.0 Å². The fraction of sp³-hybridized carbons (Fsp3) is 0.929. The molecule has 0 bridgehead atoms. The highest BCUT2D eigenvalue weighted by atomic mass is 127. The molecule has 8 heteroatoms. The maximum Gasteiger partial charge on any atom is 0.191 e. The first kappa shape index (κ1) is 21.9. The zero-order valence-corrected chi connectivity index (χ0v) is 17.2. The minimum absolute atomic E-state index is 0. The molecule has 0 aromatic rings. The van der Waals surface area contributed by atoms with E-state index in [2.05, 4.69) is 15.6 Å². The van der Waals surface area contributed by atoms with Crippen LogP contribution in [0.25, 0.3) is 0 Å². The maximum atomic E-state index is 12.0. The Kier molecular flexibility index (Phi) is 9.88. The summed E-state index contributed by atoms with van der Waals surface area (Å²) >= 11 is 0. The van der Waals surface area contributed by atoms with Crippen molar-refractivity contribution in [1.29, 1.82) is 0 Å². The van der Waals surface area contributed by atoms with Crippen molar-refractivity contribution in [3.8, 4) is 0 Å². The number of halogens is 1. The van der Waals surface area contributed by atoms with Gasteiger partial charge in [0.25, 0.3) is 0 Å². The van der Waals surface area contributed by atoms with Crippen molar-refractivity contribution in [2.45, 2.75) is 51.4 Å². The van der Waals surface area contributed by atoms with E-state index in [1.54, 1.807) is 20.8 Å². The molecule has 1 fully saturated rings. The molecule has 1 heterocycles. The second kappa shape index (κ2) is 9.92. The summed E-state index contributed by atoms with van der Waals surface area (Å²) in [6.45, 7) is 9.67. The van der Waals surface area contributed by atoms with Gasteiger partial charge in [-0.1, -0.05) is 0 Å². The highest BCUT2D eigenvalue weighted by Crippen LogP contribution is 2.15. The van der Waals surface area contributed by atoms with Crippen LogP contribution in [0.1, 0.15) is 40.5 Å². The van der Waals surface area contributed by atoms with Crippen LogP contribution in [0.15, 0.2) is 4.99 Å². The molecule has 0 spiro atoms. The molecule has 1 atom stereocenters. The zero-order chi connectivity index (χ0) is 15.9. The first-order chi connectivity index (χ1) is 9.76. The Morgan fingerprint density at radius 1 is 1.32 bits per heavy atom. The molecule has 1 unspecified atom stereocenters. The van der Waals surface area contributed by atoms with Gasteiger partial charge in [-0.3, -0.25) is 4.99 Å². The minimum Gasteiger partial charge on any atom is -0.376 e. The lowest BCUT2D eigenvalue weighted by Gasteiger charge is -2.20. The second-order valence-electron chi connectivity index (χ2n) is 6.21. The molecule has 1 rings (SSSR count). The monoisotopic (exact) mass is 447 g/mol. The highest BCUT2D eigenvalue weighted by Gasteiger charge is 2.28. The van der Waals surface area contributed by atoms with E-state index in [4.69, 9.17) is 4.74 Å². The van der Waals surface area contributed by atoms with Crippen LogP contribution in [0, 0.1) is 0 Å². The van der Waals surface area contributed by atoms with Gasteiger partial charge in [0.15, 0.2) is 15.8 Å². The molecule has 1 aliphatic rings. The molecule has 132 valence electrons. The molecule has 0 aromatic heterocycles. The minimum atomic E-state index is -3.11. The van der Waals surface area contributed by atoms with Crippen molar-refractivity contribution in [2.24, 2.45) is 4.99 Å². The molecule has 1 aliphatic heterocycles. The van der Waals surface area contributed by atoms with Crippen LogP contribution in [0.4, 0.5) is 0 Å². The van der Waals surface area contributed by atoms with Crippen molar-refractivity contribution in [3.63, 3.8) is 0 Å². The van der Waals surface area contributed by atoms with Crippen LogP contribution in [-0.4, -0.2) is 57.2 Å². The summed E-state index contributed by atoms with van der Waals surface area (Å²) < 4.78 is 28.9. The molecule has 0 saturated carbocycles. The molecular weight excluding hydrogens is 417 g/mol. The van der Waals surface area contributed by atoms with Gasteiger partial charge in [-0.05, 0) is 40.5 Å². The van der Waals surface area contributed by atoms with Crippen molar-refractivity contribution >= 4 is 39.8 Å². The van der Waals surface area contributed by atoms with Crippen LogP contribution in [-0.2, 0) is 14.6 Å². The summed E-state index contributed by atoms with van der Waals surface area (Å²) in [6, 6.07) is 0. The molecule has 0 aliphatic carbocycles. The quantitative estimate of drug-likeness (QED) is 0.367. The molecule has 0 amide bonds. The van der Waals surface area contributed by atoms with Gasteiger partial charge >= 0.3 is 0 Å². The van der Waals surface area contributed by atoms with Gasteiger partial charge in [0.1, 0.15) is 0 Å². The van der Waals surface area contributed by atoms with Crippen molar-refractivity contribution in [2.75, 3.05) is 32.0 Å². The third kappa shape index (κ3) is 7.45. The molecule has 6 nitrogen and oxygen atoms in total. The van der Waals surface area contributed by atoms with Gasteiger partial charge in [-0.25, -0.2) is 8.42 Å². The molecule has 1 saturated heterocycles. The number of guanidine groups is 1. The van der Waals surface area contributed by atoms with Crippen molar-refractivity contribution < 1.29 is 13.2 Å². The van der Waals surface area contributed by atoms with E-state index in [1.165, 1.54) is 0 Å². The van der Waals surface area contributed by atoms with Crippen LogP contribution in [0.2, 0.25) is 0 Å². The van der Waals surface area contributed by atoms with Crippen molar-refractivity contribution in [3.05, 3.63) is 0 Å². The molecule has 0 radical (unpaired) electrons. The number of nitrogens with zero attached hydrogens (tertiary/aromatic N) is 1. The van der Waals surface area contributed by atoms with Gasteiger partial charge in [0.05, 0.1) is 23.1 Å². The lowest BCUT2D eigenvalue weighted by molar-refractivity contribution is 0.117. The van der Waals surface area contributed by atoms with Crippen LogP contribution in [0.3, 0.4) is 0 Å². The zero-order valence-electron chi connectivity index (χ0n) is 14.0. The maximum absolute atomic E-state index is 12.0. The lowest BCUT2D eigenvalue weighted by atomic mass is 10.2. The van der Waals surface area contributed by atoms with Crippen molar-refractivity contribution in [1.82, 2.24) is 10.6 Å². The Morgan fingerprint density at radius 3 is 2.50 bits per heavy atom. The first-order valence-corrected chi connectivity index (χ1v) is 9.27. The Labute approximate surface area is 151 Å². The third-order valence-electron chi connectivity index (χ3n) is 3.42. The smallest absolute Gasteiger partial charge is 0.191 e. The average molecular weight is 447 g/mol. The number of nitrogens with one attached hydrogen (secondary N) is 2. The summed E-state index contributed by atoms with van der Waals surface area (Å²) in [6.07, 6.45) is 2.33. The molecule has 0 aromatic carbocycles. The van der Waals surface area contributed by atoms with Gasteiger partial charge < -0.3 is 15.4 Å². The second-order valence-corrected chi connectivity index (χ2v) is 9.08. The Hall–Kier alpha value is -0.0900. The Bertz CT molecular complexity index is 441. The van der Waals surface area contributed by atoms with E-state index >= 15 is 0 Å². The van der Waals surface area contributed by atoms with Crippen LogP contribution < -0.4 is 10.6 Å². The highest BCUT2D eigenvalue weighted by molar-refractivity contribution is 14.0. The number of rotatable bonds is 6. The fourth-order valence-corrected chi connectivity index (χ4v) is 2.92. The third-order valence-corrected chi connectivity index (χ3v) is 6.03. The topological polar surface area (TPSA) is 79.8 Å². The van der Waals surface area contributed by atoms with E-state index < -0.39 is 14.6 Å². The molecule has 22 heavy (non-hydrogen) atoms. The standard InChI is InChI=1S/C14H29N3O3S.HI/c1-5-15-13(17-11-12-7-6-9-20-12)16-8-10-21(18,19)14(2,3)4;/h12H,5-11H2,1-4H3,(H2,15,16,17);1H. The van der Waals surface area contributed by atoms with Gasteiger partial charge in [0.2, 0.25) is 0 Å². The SMILES string of the molecule is CCNC(=NCC1CCCO1)NCCS(=O)(=O)C(C)(C)C.I. The molecule has 2 N–H and O–H groups in total. The number of sulfone groups is 1. The summed E-state index contributed by atoms with van der Waals surface area (Å²) in [4.78, 5) is 4.45. The van der Waals surface area contributed by atoms with Gasteiger partial charge in [-0.2, -0.15) is 0 Å². The van der Waals surface area contributed by atoms with Crippen LogP contribution in [0.5, 0.6) is 0 Å². The fourth-order valence-electron chi connectivity index (χ4n) is 1.93. The summed E-state index contributed by atoms with van der Waals surface area (Å²) in [5.74, 6) is 0.748. The number of aliphatic imine (C=N–C) groups is 1. The predicted molar refractivity (Wildman–Crippen MR) is 102 cm³/mol. The Morgan fingerprint density at radius 2 is 2.00 bits per heavy atom. The van der Waals surface area contributed by atoms with E-state index in [0.29, 0.717) is 19.0 Å². The summed E-state index contributed by atoms with van der Waals surface area (Å²) in [5.41, 5.74) is 0. The van der Waals surface area contributed by atoms with Gasteiger partial charge in [0, 0.05) is 19.7 Å². The van der Waals surface area contributed by atoms with E-state index in [9.17, 15) is 8.42 Å². The normalized spacial score (nSPS) is 19.6. The lowest BCUT2D eigenvalue weighted by Crippen LogP contribution is -2.42. The Balaban J connectivity index is 0.00000441. The van der Waals surface area contributed by atoms with E-state index in [1.807, 2.05) is 6.92 Å². The predicted octanol–water partition coefficient (Wildman–Crippen LogP) is 1.55. The largest absolute Gasteiger partial charge is 0.376 e. The van der Waals surface area contributed by atoms with Crippen LogP contribution >= 0.6 is 24.0 Å². The number of hydrogen-bond acceptors (Lipinski definition) is 4. The number of hydrogen-bond donors (Lipinski definition) is 2. The molecular formula is C14H30IN3O3S. The summed E-state index contributed by atoms with van der Waals surface area (Å²) in [7, 11) is -3.11.